The molecule has 0 radical (unpaired) electrons. The van der Waals surface area contributed by atoms with Crippen molar-refractivity contribution in [2.75, 3.05) is 7.11 Å². The Kier molecular flexibility index (Phi) is 2.41. The van der Waals surface area contributed by atoms with Crippen LogP contribution in [0.15, 0.2) is 34.9 Å². The van der Waals surface area contributed by atoms with Gasteiger partial charge < -0.3 is 9.15 Å². The minimum atomic E-state index is 0.398. The maximum absolute atomic E-state index is 5.76. The van der Waals surface area contributed by atoms with E-state index in [1.807, 2.05) is 12.1 Å². The molecule has 0 amide bonds. The fourth-order valence-corrected chi connectivity index (χ4v) is 1.21. The fraction of sp³-hybridized carbons (Fsp3) is 0.100. The van der Waals surface area contributed by atoms with E-state index in [1.165, 1.54) is 13.3 Å². The molecule has 0 bridgehead atoms. The molecule has 0 atom stereocenters. The molecule has 4 heteroatoms. The smallest absolute Gasteiger partial charge is 0.305 e. The molecule has 0 fully saturated rings. The number of benzene rings is 1. The van der Waals surface area contributed by atoms with E-state index >= 15 is 0 Å². The van der Waals surface area contributed by atoms with Crippen molar-refractivity contribution < 1.29 is 9.15 Å². The molecule has 2 rings (SSSR count). The van der Waals surface area contributed by atoms with E-state index in [2.05, 4.69) is 4.98 Å². The first-order chi connectivity index (χ1) is 6.79. The van der Waals surface area contributed by atoms with Crippen LogP contribution < -0.4 is 4.74 Å². The average Bonchev–Trinajstić information content (AvgIpc) is 2.67. The highest BCUT2D eigenvalue weighted by Gasteiger charge is 2.05. The lowest BCUT2D eigenvalue weighted by atomic mass is 10.2. The predicted molar refractivity (Wildman–Crippen MR) is 53.5 cm³/mol. The molecule has 72 valence electrons. The molecule has 14 heavy (non-hydrogen) atoms. The van der Waals surface area contributed by atoms with E-state index in [-0.39, 0.29) is 0 Å². The first-order valence-electron chi connectivity index (χ1n) is 4.05. The van der Waals surface area contributed by atoms with Crippen molar-refractivity contribution in [3.63, 3.8) is 0 Å². The summed E-state index contributed by atoms with van der Waals surface area (Å²) in [5.41, 5.74) is 0.873. The quantitative estimate of drug-likeness (QED) is 0.763. The lowest BCUT2D eigenvalue weighted by Crippen LogP contribution is -1.76. The maximum Gasteiger partial charge on any atom is 0.305 e. The van der Waals surface area contributed by atoms with Gasteiger partial charge in [-0.15, -0.1) is 0 Å². The van der Waals surface area contributed by atoms with E-state index in [1.54, 1.807) is 12.1 Å². The van der Waals surface area contributed by atoms with Gasteiger partial charge in [-0.2, -0.15) is 0 Å². The van der Waals surface area contributed by atoms with Gasteiger partial charge in [0.05, 0.1) is 7.11 Å². The summed E-state index contributed by atoms with van der Waals surface area (Å²) in [6.07, 6.45) is 1.53. The molecule has 1 aromatic carbocycles. The third-order valence-corrected chi connectivity index (χ3v) is 2.03. The zero-order chi connectivity index (χ0) is 9.97. The van der Waals surface area contributed by atoms with Crippen LogP contribution in [0, 0.1) is 0 Å². The van der Waals surface area contributed by atoms with Gasteiger partial charge in [0.2, 0.25) is 5.89 Å². The zero-order valence-corrected chi connectivity index (χ0v) is 8.28. The van der Waals surface area contributed by atoms with Gasteiger partial charge in [-0.1, -0.05) is 11.6 Å². The van der Waals surface area contributed by atoms with Crippen LogP contribution in [-0.2, 0) is 0 Å². The van der Waals surface area contributed by atoms with Crippen LogP contribution in [0.1, 0.15) is 0 Å². The molecule has 0 aliphatic heterocycles. The first kappa shape index (κ1) is 9.09. The van der Waals surface area contributed by atoms with Crippen LogP contribution in [0.2, 0.25) is 5.02 Å². The zero-order valence-electron chi connectivity index (χ0n) is 7.53. The van der Waals surface area contributed by atoms with Gasteiger partial charge in [0, 0.05) is 10.6 Å². The molecular formula is C10H8ClNO2. The monoisotopic (exact) mass is 209 g/mol. The average molecular weight is 210 g/mol. The Balaban J connectivity index is 2.34. The lowest BCUT2D eigenvalue weighted by molar-refractivity contribution is 0.309. The first-order valence-corrected chi connectivity index (χ1v) is 4.43. The van der Waals surface area contributed by atoms with Crippen molar-refractivity contribution in [2.45, 2.75) is 0 Å². The van der Waals surface area contributed by atoms with Crippen LogP contribution in [0.3, 0.4) is 0 Å². The molecule has 2 aromatic rings. The van der Waals surface area contributed by atoms with Crippen LogP contribution in [0.25, 0.3) is 11.5 Å². The maximum atomic E-state index is 5.76. The summed E-state index contributed by atoms with van der Waals surface area (Å²) in [5, 5.41) is 0.687. The van der Waals surface area contributed by atoms with E-state index in [9.17, 15) is 0 Å². The number of oxazole rings is 1. The number of ether oxygens (including phenoxy) is 1. The van der Waals surface area contributed by atoms with Crippen LogP contribution in [-0.4, -0.2) is 12.1 Å². The van der Waals surface area contributed by atoms with E-state index in [0.29, 0.717) is 16.9 Å². The summed E-state index contributed by atoms with van der Waals surface area (Å²) >= 11 is 5.76. The fourth-order valence-electron chi connectivity index (χ4n) is 1.08. The molecule has 3 nitrogen and oxygen atoms in total. The van der Waals surface area contributed by atoms with Gasteiger partial charge in [0.1, 0.15) is 6.20 Å². The standard InChI is InChI=1S/C10H8ClNO2/c1-13-9-6-12-10(14-9)7-2-4-8(11)5-3-7/h2-6H,1H3. The largest absolute Gasteiger partial charge is 0.467 e. The van der Waals surface area contributed by atoms with Gasteiger partial charge in [0.15, 0.2) is 0 Å². The van der Waals surface area contributed by atoms with Crippen molar-refractivity contribution in [3.8, 4) is 17.4 Å². The minimum absolute atomic E-state index is 0.398. The second kappa shape index (κ2) is 3.72. The molecule has 0 aliphatic rings. The SMILES string of the molecule is COc1cnc(-c2ccc(Cl)cc2)o1. The van der Waals surface area contributed by atoms with Crippen LogP contribution >= 0.6 is 11.6 Å². The van der Waals surface area contributed by atoms with Gasteiger partial charge in [0.25, 0.3) is 0 Å². The Morgan fingerprint density at radius 2 is 2.00 bits per heavy atom. The summed E-state index contributed by atoms with van der Waals surface area (Å²) in [7, 11) is 1.53. The van der Waals surface area contributed by atoms with E-state index in [0.717, 1.165) is 5.56 Å². The molecule has 0 saturated heterocycles. The number of aromatic nitrogens is 1. The normalized spacial score (nSPS) is 10.1. The van der Waals surface area contributed by atoms with Gasteiger partial charge in [-0.3, -0.25) is 0 Å². The minimum Gasteiger partial charge on any atom is -0.467 e. The molecule has 0 saturated carbocycles. The summed E-state index contributed by atoms with van der Waals surface area (Å²) in [4.78, 5) is 4.05. The number of methoxy groups -OCH3 is 1. The van der Waals surface area contributed by atoms with Gasteiger partial charge in [-0.05, 0) is 24.3 Å². The number of hydrogen-bond acceptors (Lipinski definition) is 3. The van der Waals surface area contributed by atoms with Crippen molar-refractivity contribution >= 4 is 11.6 Å². The van der Waals surface area contributed by atoms with Crippen molar-refractivity contribution in [1.82, 2.24) is 4.98 Å². The van der Waals surface area contributed by atoms with Crippen LogP contribution in [0.4, 0.5) is 0 Å². The molecule has 0 aliphatic carbocycles. The topological polar surface area (TPSA) is 35.3 Å². The van der Waals surface area contributed by atoms with Gasteiger partial charge in [-0.25, -0.2) is 4.98 Å². The van der Waals surface area contributed by atoms with Crippen LogP contribution in [0.5, 0.6) is 5.95 Å². The number of halogens is 1. The van der Waals surface area contributed by atoms with E-state index < -0.39 is 0 Å². The van der Waals surface area contributed by atoms with E-state index in [4.69, 9.17) is 20.8 Å². The summed E-state index contributed by atoms with van der Waals surface area (Å²) in [6.45, 7) is 0. The Hall–Kier alpha value is -1.48. The molecular weight excluding hydrogens is 202 g/mol. The molecule has 1 aromatic heterocycles. The molecule has 1 heterocycles. The third-order valence-electron chi connectivity index (χ3n) is 1.78. The Labute approximate surface area is 86.3 Å². The van der Waals surface area contributed by atoms with Crippen molar-refractivity contribution in [3.05, 3.63) is 35.5 Å². The highest BCUT2D eigenvalue weighted by atomic mass is 35.5. The molecule has 0 spiro atoms. The third kappa shape index (κ3) is 1.72. The van der Waals surface area contributed by atoms with Gasteiger partial charge >= 0.3 is 5.95 Å². The highest BCUT2D eigenvalue weighted by molar-refractivity contribution is 6.30. The summed E-state index contributed by atoms with van der Waals surface area (Å²) in [6, 6.07) is 7.25. The Morgan fingerprint density at radius 1 is 1.29 bits per heavy atom. The molecule has 0 N–H and O–H groups in total. The predicted octanol–water partition coefficient (Wildman–Crippen LogP) is 3.00. The number of rotatable bonds is 2. The lowest BCUT2D eigenvalue weighted by Gasteiger charge is -1.94. The molecule has 0 unspecified atom stereocenters. The second-order valence-corrected chi connectivity index (χ2v) is 3.13. The van der Waals surface area contributed by atoms with Crippen molar-refractivity contribution in [1.29, 1.82) is 0 Å². The van der Waals surface area contributed by atoms with Crippen molar-refractivity contribution in [2.24, 2.45) is 0 Å². The number of hydrogen-bond donors (Lipinski definition) is 0. The summed E-state index contributed by atoms with van der Waals surface area (Å²) < 4.78 is 10.2. The highest BCUT2D eigenvalue weighted by Crippen LogP contribution is 2.23. The Bertz CT molecular complexity index is 422. The Morgan fingerprint density at radius 3 is 2.57 bits per heavy atom. The number of nitrogens with zero attached hydrogens (tertiary/aromatic N) is 1. The second-order valence-electron chi connectivity index (χ2n) is 2.70. The summed E-state index contributed by atoms with van der Waals surface area (Å²) in [5.74, 6) is 0.925.